The highest BCUT2D eigenvalue weighted by Gasteiger charge is 2.30. The average molecular weight is 361 g/mol. The molecule has 0 atom stereocenters. The second-order valence-corrected chi connectivity index (χ2v) is 5.36. The molecule has 0 saturated heterocycles. The van der Waals surface area contributed by atoms with Gasteiger partial charge in [-0.15, -0.1) is 0 Å². The molecule has 0 aliphatic rings. The summed E-state index contributed by atoms with van der Waals surface area (Å²) in [5.41, 5.74) is -0.154. The van der Waals surface area contributed by atoms with E-state index in [4.69, 9.17) is 5.26 Å². The van der Waals surface area contributed by atoms with Gasteiger partial charge in [-0.2, -0.15) is 18.4 Å². The minimum Gasteiger partial charge on any atom is -0.325 e. The van der Waals surface area contributed by atoms with Crippen LogP contribution in [-0.2, 0) is 15.8 Å². The molecule has 26 heavy (non-hydrogen) atoms. The van der Waals surface area contributed by atoms with Crippen LogP contribution in [-0.4, -0.2) is 18.4 Å². The molecule has 1 N–H and O–H groups in total. The van der Waals surface area contributed by atoms with E-state index in [9.17, 15) is 22.8 Å². The number of anilines is 2. The average Bonchev–Trinajstić information content (AvgIpc) is 2.59. The predicted molar refractivity (Wildman–Crippen MR) is 89.3 cm³/mol. The summed E-state index contributed by atoms with van der Waals surface area (Å²) in [6.45, 7) is 0.870. The van der Waals surface area contributed by atoms with Gasteiger partial charge in [-0.3, -0.25) is 9.59 Å². The minimum atomic E-state index is -4.46. The second-order valence-electron chi connectivity index (χ2n) is 5.36. The van der Waals surface area contributed by atoms with E-state index in [-0.39, 0.29) is 23.5 Å². The zero-order valence-corrected chi connectivity index (χ0v) is 13.7. The van der Waals surface area contributed by atoms with Crippen LogP contribution in [0, 0.1) is 11.3 Å². The Balaban J connectivity index is 2.14. The van der Waals surface area contributed by atoms with Gasteiger partial charge in [0.15, 0.2) is 0 Å². The normalized spacial score (nSPS) is 10.7. The Morgan fingerprint density at radius 2 is 1.73 bits per heavy atom. The first-order valence-corrected chi connectivity index (χ1v) is 7.46. The van der Waals surface area contributed by atoms with Crippen molar-refractivity contribution in [3.8, 4) is 6.07 Å². The summed E-state index contributed by atoms with van der Waals surface area (Å²) in [5.74, 6) is -1.05. The maximum absolute atomic E-state index is 12.5. The quantitative estimate of drug-likeness (QED) is 0.905. The number of carbonyl (C=O) groups is 2. The molecule has 0 bridgehead atoms. The number of carbonyl (C=O) groups excluding carboxylic acids is 2. The third-order valence-electron chi connectivity index (χ3n) is 3.49. The van der Waals surface area contributed by atoms with Crippen LogP contribution in [0.15, 0.2) is 48.5 Å². The molecule has 0 aliphatic heterocycles. The molecular weight excluding hydrogens is 347 g/mol. The van der Waals surface area contributed by atoms with Crippen LogP contribution in [0.4, 0.5) is 24.5 Å². The number of hydrogen-bond donors (Lipinski definition) is 1. The zero-order chi connectivity index (χ0) is 19.3. The predicted octanol–water partition coefficient (Wildman–Crippen LogP) is 3.57. The molecule has 2 amide bonds. The lowest BCUT2D eigenvalue weighted by molar-refractivity contribution is -0.137. The van der Waals surface area contributed by atoms with Crippen LogP contribution in [0.5, 0.6) is 0 Å². The summed E-state index contributed by atoms with van der Waals surface area (Å²) in [4.78, 5) is 25.2. The maximum atomic E-state index is 12.5. The molecule has 0 aliphatic carbocycles. The van der Waals surface area contributed by atoms with Crippen molar-refractivity contribution in [1.29, 1.82) is 5.26 Å². The number of nitrogens with one attached hydrogen (secondary N) is 1. The van der Waals surface area contributed by atoms with Crippen molar-refractivity contribution in [2.45, 2.75) is 13.1 Å². The zero-order valence-electron chi connectivity index (χ0n) is 13.7. The Hall–Kier alpha value is -3.34. The number of nitrogens with zero attached hydrogens (tertiary/aromatic N) is 2. The third-order valence-corrected chi connectivity index (χ3v) is 3.49. The largest absolute Gasteiger partial charge is 0.416 e. The number of rotatable bonds is 4. The highest BCUT2D eigenvalue weighted by atomic mass is 19.4. The van der Waals surface area contributed by atoms with Gasteiger partial charge in [0.1, 0.15) is 12.6 Å². The molecule has 0 unspecified atom stereocenters. The van der Waals surface area contributed by atoms with Crippen molar-refractivity contribution < 1.29 is 22.8 Å². The maximum Gasteiger partial charge on any atom is 0.416 e. The molecule has 2 aromatic carbocycles. The van der Waals surface area contributed by atoms with Gasteiger partial charge in [0.05, 0.1) is 16.8 Å². The van der Waals surface area contributed by atoms with E-state index in [1.165, 1.54) is 19.1 Å². The van der Waals surface area contributed by atoms with E-state index in [2.05, 4.69) is 5.32 Å². The van der Waals surface area contributed by atoms with Crippen LogP contribution in [0.2, 0.25) is 0 Å². The molecule has 0 saturated carbocycles. The lowest BCUT2D eigenvalue weighted by Crippen LogP contribution is -2.37. The Morgan fingerprint density at radius 3 is 2.27 bits per heavy atom. The van der Waals surface area contributed by atoms with Crippen molar-refractivity contribution in [2.24, 2.45) is 0 Å². The van der Waals surface area contributed by atoms with Gasteiger partial charge in [-0.1, -0.05) is 12.1 Å². The van der Waals surface area contributed by atoms with Crippen molar-refractivity contribution in [1.82, 2.24) is 0 Å². The van der Waals surface area contributed by atoms with Crippen LogP contribution >= 0.6 is 0 Å². The molecule has 0 heterocycles. The summed E-state index contributed by atoms with van der Waals surface area (Å²) in [6, 6.07) is 12.2. The number of hydrogen-bond acceptors (Lipinski definition) is 3. The van der Waals surface area contributed by atoms with Gasteiger partial charge in [0, 0.05) is 12.6 Å². The van der Waals surface area contributed by atoms with Gasteiger partial charge >= 0.3 is 6.18 Å². The Morgan fingerprint density at radius 1 is 1.12 bits per heavy atom. The molecule has 2 rings (SSSR count). The van der Waals surface area contributed by atoms with E-state index in [1.807, 2.05) is 6.07 Å². The van der Waals surface area contributed by atoms with Crippen LogP contribution in [0.1, 0.15) is 18.1 Å². The first kappa shape index (κ1) is 19.0. The lowest BCUT2D eigenvalue weighted by atomic mass is 10.1. The first-order chi connectivity index (χ1) is 12.2. The molecule has 2 aromatic rings. The standard InChI is InChI=1S/C18H14F3N3O2/c1-12(25)24(16-5-3-2-4-13(16)10-22)11-17(26)23-15-8-6-14(7-9-15)18(19,20)21/h2-9H,11H2,1H3,(H,23,26). The fraction of sp³-hybridized carbons (Fsp3) is 0.167. The van der Waals surface area contributed by atoms with Gasteiger partial charge in [0.2, 0.25) is 11.8 Å². The lowest BCUT2D eigenvalue weighted by Gasteiger charge is -2.21. The highest BCUT2D eigenvalue weighted by molar-refractivity contribution is 6.02. The van der Waals surface area contributed by atoms with Gasteiger partial charge in [-0.25, -0.2) is 0 Å². The summed E-state index contributed by atoms with van der Waals surface area (Å²) in [7, 11) is 0. The number of benzene rings is 2. The number of nitriles is 1. The van der Waals surface area contributed by atoms with Crippen molar-refractivity contribution in [2.75, 3.05) is 16.8 Å². The minimum absolute atomic E-state index is 0.167. The van der Waals surface area contributed by atoms with Crippen molar-refractivity contribution >= 4 is 23.2 Å². The van der Waals surface area contributed by atoms with Crippen LogP contribution < -0.4 is 10.2 Å². The van der Waals surface area contributed by atoms with Gasteiger partial charge in [0.25, 0.3) is 0 Å². The topological polar surface area (TPSA) is 73.2 Å². The van der Waals surface area contributed by atoms with E-state index < -0.39 is 23.6 Å². The molecule has 134 valence electrons. The van der Waals surface area contributed by atoms with E-state index in [0.717, 1.165) is 29.2 Å². The Kier molecular flexibility index (Phi) is 5.62. The van der Waals surface area contributed by atoms with E-state index >= 15 is 0 Å². The third kappa shape index (κ3) is 4.60. The molecule has 0 radical (unpaired) electrons. The Bertz CT molecular complexity index is 855. The molecule has 0 spiro atoms. The first-order valence-electron chi connectivity index (χ1n) is 7.46. The van der Waals surface area contributed by atoms with Gasteiger partial charge in [-0.05, 0) is 36.4 Å². The van der Waals surface area contributed by atoms with Gasteiger partial charge < -0.3 is 10.2 Å². The number of halogens is 3. The van der Waals surface area contributed by atoms with E-state index in [1.54, 1.807) is 12.1 Å². The van der Waals surface area contributed by atoms with Crippen molar-refractivity contribution in [3.05, 3.63) is 59.7 Å². The van der Waals surface area contributed by atoms with Crippen LogP contribution in [0.3, 0.4) is 0 Å². The number of para-hydroxylation sites is 1. The molecule has 5 nitrogen and oxygen atoms in total. The summed E-state index contributed by atoms with van der Waals surface area (Å²) >= 11 is 0. The monoisotopic (exact) mass is 361 g/mol. The fourth-order valence-corrected chi connectivity index (χ4v) is 2.26. The second kappa shape index (κ2) is 7.70. The fourth-order valence-electron chi connectivity index (χ4n) is 2.26. The van der Waals surface area contributed by atoms with Crippen molar-refractivity contribution in [3.63, 3.8) is 0 Å². The molecular formula is C18H14F3N3O2. The summed E-state index contributed by atoms with van der Waals surface area (Å²) in [5, 5.41) is 11.6. The molecule has 8 heteroatoms. The number of amides is 2. The number of alkyl halides is 3. The smallest absolute Gasteiger partial charge is 0.325 e. The van der Waals surface area contributed by atoms with Crippen LogP contribution in [0.25, 0.3) is 0 Å². The summed E-state index contributed by atoms with van der Waals surface area (Å²) < 4.78 is 37.6. The van der Waals surface area contributed by atoms with E-state index in [0.29, 0.717) is 0 Å². The summed E-state index contributed by atoms with van der Waals surface area (Å²) in [6.07, 6.45) is -4.46. The molecule has 0 fully saturated rings. The molecule has 0 aromatic heterocycles. The SMILES string of the molecule is CC(=O)N(CC(=O)Nc1ccc(C(F)(F)F)cc1)c1ccccc1C#N. The Labute approximate surface area is 147 Å². The highest BCUT2D eigenvalue weighted by Crippen LogP contribution is 2.29.